The molecular formula is O2TiW. The molecular weight excluding hydrogens is 264 g/mol. The van der Waals surface area contributed by atoms with Crippen LogP contribution in [0.15, 0.2) is 0 Å². The van der Waals surface area contributed by atoms with Crippen molar-refractivity contribution in [3.8, 4) is 0 Å². The predicted octanol–water partition coefficient (Wildman–Crippen LogP) is -0.243. The summed E-state index contributed by atoms with van der Waals surface area (Å²) in [5, 5.41) is 0. The Morgan fingerprint density at radius 3 is 1.25 bits per heavy atom. The van der Waals surface area contributed by atoms with Gasteiger partial charge in [-0.2, -0.15) is 0 Å². The van der Waals surface area contributed by atoms with Gasteiger partial charge in [0.2, 0.25) is 0 Å². The van der Waals surface area contributed by atoms with Crippen molar-refractivity contribution in [2.45, 2.75) is 0 Å². The topological polar surface area (TPSA) is 34.1 Å². The van der Waals surface area contributed by atoms with Crippen LogP contribution < -0.4 is 0 Å². The molecule has 22 valence electrons. The molecule has 0 heterocycles. The molecule has 2 nitrogen and oxygen atoms in total. The summed E-state index contributed by atoms with van der Waals surface area (Å²) in [6, 6.07) is 0. The van der Waals surface area contributed by atoms with Gasteiger partial charge in [0, 0.05) is 0 Å². The van der Waals surface area contributed by atoms with Gasteiger partial charge in [-0.3, -0.25) is 0 Å². The second-order valence-corrected chi connectivity index (χ2v) is 0. The van der Waals surface area contributed by atoms with E-state index in [4.69, 9.17) is 6.72 Å². The number of hydrogen-bond donors (Lipinski definition) is 0. The maximum absolute atomic E-state index is 8.33. The molecule has 4 heteroatoms. The molecule has 4 heavy (non-hydrogen) atoms. The molecule has 0 atom stereocenters. The average molecular weight is 264 g/mol. The summed E-state index contributed by atoms with van der Waals surface area (Å²) in [6.45, 7) is 0. The SMILES string of the molecule is [O]=[Ti].[O]=[W]. The molecule has 0 aliphatic heterocycles. The first-order chi connectivity index (χ1) is 2.00. The van der Waals surface area contributed by atoms with Crippen molar-refractivity contribution in [1.29, 1.82) is 0 Å². The molecule has 0 saturated heterocycles. The molecule has 0 saturated carbocycles. The van der Waals surface area contributed by atoms with Crippen LogP contribution in [0.5, 0.6) is 0 Å². The molecule has 0 fully saturated rings. The second kappa shape index (κ2) is 35.9. The van der Waals surface area contributed by atoms with E-state index >= 15 is 0 Å². The molecule has 0 bridgehead atoms. The Balaban J connectivity index is 0. The van der Waals surface area contributed by atoms with E-state index in [2.05, 4.69) is 0 Å². The Bertz CT molecular complexity index is 8.00. The van der Waals surface area contributed by atoms with Crippen molar-refractivity contribution >= 4 is 0 Å². The van der Waals surface area contributed by atoms with Crippen molar-refractivity contribution in [1.82, 2.24) is 0 Å². The third-order valence-corrected chi connectivity index (χ3v) is 0. The molecule has 0 aromatic rings. The van der Waals surface area contributed by atoms with Crippen molar-refractivity contribution in [2.75, 3.05) is 0 Å². The number of rotatable bonds is 0. The first-order valence-electron chi connectivity index (χ1n) is 0.371. The van der Waals surface area contributed by atoms with Crippen LogP contribution in [-0.4, -0.2) is 0 Å². The van der Waals surface area contributed by atoms with Crippen LogP contribution in [0.25, 0.3) is 0 Å². The quantitative estimate of drug-likeness (QED) is 0.565. The molecule has 0 aliphatic rings. The summed E-state index contributed by atoms with van der Waals surface area (Å²) in [5.74, 6) is 0. The summed E-state index contributed by atoms with van der Waals surface area (Å²) in [6.07, 6.45) is 0. The minimum absolute atomic E-state index is 0.333. The van der Waals surface area contributed by atoms with Crippen LogP contribution in [0.3, 0.4) is 0 Å². The second-order valence-electron chi connectivity index (χ2n) is 0. The minimum atomic E-state index is 0.333. The van der Waals surface area contributed by atoms with Gasteiger partial charge in [0.05, 0.1) is 0 Å². The molecule has 0 spiro atoms. The third kappa shape index (κ3) is 12.0. The zero-order chi connectivity index (χ0) is 4.00. The molecule has 0 aliphatic carbocycles. The van der Waals surface area contributed by atoms with Crippen molar-refractivity contribution in [3.05, 3.63) is 0 Å². The van der Waals surface area contributed by atoms with Crippen molar-refractivity contribution in [2.24, 2.45) is 0 Å². The van der Waals surface area contributed by atoms with E-state index in [1.165, 1.54) is 0 Å². The molecule has 0 amide bonds. The van der Waals surface area contributed by atoms with Gasteiger partial charge >= 0.3 is 46.9 Å². The van der Waals surface area contributed by atoms with Crippen LogP contribution in [0, 0.1) is 0 Å². The van der Waals surface area contributed by atoms with E-state index in [0.717, 1.165) is 20.4 Å². The van der Waals surface area contributed by atoms with Crippen molar-refractivity contribution < 1.29 is 46.9 Å². The zero-order valence-corrected chi connectivity index (χ0v) is 6.22. The molecule has 0 N–H and O–H groups in total. The van der Waals surface area contributed by atoms with E-state index in [9.17, 15) is 0 Å². The fourth-order valence-electron chi connectivity index (χ4n) is 0. The fourth-order valence-corrected chi connectivity index (χ4v) is 0. The van der Waals surface area contributed by atoms with E-state index < -0.39 is 0 Å². The Morgan fingerprint density at radius 2 is 1.25 bits per heavy atom. The van der Waals surface area contributed by atoms with E-state index in [0.29, 0.717) is 19.8 Å². The summed E-state index contributed by atoms with van der Waals surface area (Å²) < 4.78 is 16.6. The Morgan fingerprint density at radius 1 is 1.25 bits per heavy atom. The van der Waals surface area contributed by atoms with Gasteiger partial charge in [-0.1, -0.05) is 0 Å². The Hall–Kier alpha value is 1.00. The molecule has 0 aromatic carbocycles. The molecule has 0 rings (SSSR count). The monoisotopic (exact) mass is 264 g/mol. The van der Waals surface area contributed by atoms with E-state index in [1.807, 2.05) is 0 Å². The van der Waals surface area contributed by atoms with Crippen LogP contribution in [0.2, 0.25) is 0 Å². The Kier molecular flexibility index (Phi) is 79.8. The summed E-state index contributed by atoms with van der Waals surface area (Å²) in [4.78, 5) is 0. The maximum atomic E-state index is 8.33. The predicted molar refractivity (Wildman–Crippen MR) is 1.37 cm³/mol. The van der Waals surface area contributed by atoms with Gasteiger partial charge in [0.1, 0.15) is 0 Å². The summed E-state index contributed by atoms with van der Waals surface area (Å²) in [5.41, 5.74) is 0. The molecule has 0 unspecified atom stereocenters. The summed E-state index contributed by atoms with van der Waals surface area (Å²) in [7, 11) is 0. The average Bonchev–Trinajstić information content (AvgIpc) is 1.50. The summed E-state index contributed by atoms with van der Waals surface area (Å²) >= 11 is 1.08. The molecule has 0 radical (unpaired) electrons. The van der Waals surface area contributed by atoms with Crippen LogP contribution in [0.4, 0.5) is 0 Å². The van der Waals surface area contributed by atoms with Crippen molar-refractivity contribution in [3.63, 3.8) is 0 Å². The van der Waals surface area contributed by atoms with E-state index in [1.54, 1.807) is 0 Å². The molecule has 0 aromatic heterocycles. The van der Waals surface area contributed by atoms with Crippen LogP contribution >= 0.6 is 0 Å². The van der Waals surface area contributed by atoms with Gasteiger partial charge in [-0.15, -0.1) is 0 Å². The fraction of sp³-hybridized carbons (Fsp3) is 0. The zero-order valence-electron chi connectivity index (χ0n) is 1.72. The van der Waals surface area contributed by atoms with Gasteiger partial charge < -0.3 is 0 Å². The number of hydrogen-bond acceptors (Lipinski definition) is 2. The first-order valence-corrected chi connectivity index (χ1v) is 2.21. The van der Waals surface area contributed by atoms with Gasteiger partial charge in [0.25, 0.3) is 0 Å². The van der Waals surface area contributed by atoms with Crippen LogP contribution in [0.1, 0.15) is 0 Å². The van der Waals surface area contributed by atoms with Gasteiger partial charge in [0.15, 0.2) is 0 Å². The van der Waals surface area contributed by atoms with Gasteiger partial charge in [-0.05, 0) is 0 Å². The van der Waals surface area contributed by atoms with Gasteiger partial charge in [-0.25, -0.2) is 0 Å². The van der Waals surface area contributed by atoms with E-state index in [-0.39, 0.29) is 0 Å². The normalized spacial score (nSPS) is 1.75. The van der Waals surface area contributed by atoms with Crippen LogP contribution in [-0.2, 0) is 46.9 Å². The first kappa shape index (κ1) is 8.89. The Labute approximate surface area is 46.9 Å². The standard InChI is InChI=1S/2O.Ti.W. The third-order valence-electron chi connectivity index (χ3n) is 0.